The second kappa shape index (κ2) is 3.79. The van der Waals surface area contributed by atoms with Gasteiger partial charge in [-0.3, -0.25) is 0 Å². The van der Waals surface area contributed by atoms with Crippen LogP contribution in [0.15, 0.2) is 41.5 Å². The van der Waals surface area contributed by atoms with Gasteiger partial charge in [0.25, 0.3) is 0 Å². The molecule has 2 rings (SSSR count). The molecule has 0 amide bonds. The molecule has 0 N–H and O–H groups in total. The van der Waals surface area contributed by atoms with Gasteiger partial charge in [-0.05, 0) is 23.6 Å². The van der Waals surface area contributed by atoms with Gasteiger partial charge in [0.05, 0.1) is 6.54 Å². The molecular weight excluding hydrogens is 261 g/mol. The van der Waals surface area contributed by atoms with E-state index in [0.717, 1.165) is 21.6 Å². The molecule has 0 saturated heterocycles. The summed E-state index contributed by atoms with van der Waals surface area (Å²) in [5, 5.41) is 1.96. The highest BCUT2D eigenvalue weighted by molar-refractivity contribution is 9.11. The van der Waals surface area contributed by atoms with Gasteiger partial charge in [-0.1, -0.05) is 40.2 Å². The van der Waals surface area contributed by atoms with Crippen molar-refractivity contribution in [3.8, 4) is 0 Å². The maximum Gasteiger partial charge on any atom is 0.0535 e. The minimum absolute atomic E-state index is 0.762. The Kier molecular flexibility index (Phi) is 2.66. The lowest BCUT2D eigenvalue weighted by molar-refractivity contribution is 0.858. The van der Waals surface area contributed by atoms with Crippen molar-refractivity contribution in [2.75, 3.05) is 0 Å². The van der Waals surface area contributed by atoms with Crippen LogP contribution >= 0.6 is 27.5 Å². The number of hydrogen-bond acceptors (Lipinski definition) is 0. The first-order chi connectivity index (χ1) is 6.66. The second-order valence-electron chi connectivity index (χ2n) is 3.16. The molecule has 72 valence electrons. The molecule has 1 nitrogen and oxygen atoms in total. The van der Waals surface area contributed by atoms with Crippen molar-refractivity contribution in [2.24, 2.45) is 0 Å². The highest BCUT2D eigenvalue weighted by Crippen LogP contribution is 2.21. The molecule has 3 heteroatoms. The highest BCUT2D eigenvalue weighted by Gasteiger charge is 2.01. The van der Waals surface area contributed by atoms with E-state index in [-0.39, 0.29) is 0 Å². The molecular formula is C11H9BrClN. The summed E-state index contributed by atoms with van der Waals surface area (Å²) in [6, 6.07) is 7.96. The van der Waals surface area contributed by atoms with Crippen LogP contribution in [0, 0.1) is 0 Å². The fraction of sp³-hybridized carbons (Fsp3) is 0.0909. The van der Waals surface area contributed by atoms with Gasteiger partial charge < -0.3 is 4.57 Å². The summed E-state index contributed by atoms with van der Waals surface area (Å²) in [6.45, 7) is 4.59. The zero-order valence-corrected chi connectivity index (χ0v) is 9.85. The molecule has 14 heavy (non-hydrogen) atoms. The van der Waals surface area contributed by atoms with Crippen LogP contribution in [-0.4, -0.2) is 4.57 Å². The van der Waals surface area contributed by atoms with Crippen LogP contribution in [0.2, 0.25) is 5.02 Å². The average Bonchev–Trinajstić information content (AvgIpc) is 2.47. The van der Waals surface area contributed by atoms with Crippen molar-refractivity contribution in [1.82, 2.24) is 4.57 Å². The zero-order valence-electron chi connectivity index (χ0n) is 7.50. The third-order valence-electron chi connectivity index (χ3n) is 2.08. The van der Waals surface area contributed by atoms with Crippen LogP contribution in [0.25, 0.3) is 10.9 Å². The lowest BCUT2D eigenvalue weighted by atomic mass is 10.2. The van der Waals surface area contributed by atoms with Crippen LogP contribution in [0.5, 0.6) is 0 Å². The number of nitrogens with zero attached hydrogens (tertiary/aromatic N) is 1. The molecule has 0 saturated carbocycles. The number of allylic oxidation sites excluding steroid dienone is 1. The molecule has 0 radical (unpaired) electrons. The van der Waals surface area contributed by atoms with Gasteiger partial charge in [0.15, 0.2) is 0 Å². The summed E-state index contributed by atoms with van der Waals surface area (Å²) in [5.74, 6) is 0. The van der Waals surface area contributed by atoms with Gasteiger partial charge >= 0.3 is 0 Å². The quantitative estimate of drug-likeness (QED) is 0.770. The fourth-order valence-electron chi connectivity index (χ4n) is 1.48. The van der Waals surface area contributed by atoms with E-state index in [1.807, 2.05) is 24.4 Å². The number of rotatable bonds is 2. The molecule has 0 bridgehead atoms. The monoisotopic (exact) mass is 269 g/mol. The summed E-state index contributed by atoms with van der Waals surface area (Å²) in [7, 11) is 0. The molecule has 0 aliphatic heterocycles. The van der Waals surface area contributed by atoms with E-state index in [1.54, 1.807) is 0 Å². The van der Waals surface area contributed by atoms with Gasteiger partial charge in [0, 0.05) is 21.2 Å². The number of benzene rings is 1. The number of hydrogen-bond donors (Lipinski definition) is 0. The van der Waals surface area contributed by atoms with Crippen molar-refractivity contribution in [2.45, 2.75) is 6.54 Å². The number of fused-ring (bicyclic) bond motifs is 1. The lowest BCUT2D eigenvalue weighted by Crippen LogP contribution is -1.94. The lowest BCUT2D eigenvalue weighted by Gasteiger charge is -2.03. The Morgan fingerprint density at radius 3 is 2.93 bits per heavy atom. The third-order valence-corrected chi connectivity index (χ3v) is 2.56. The molecule has 0 atom stereocenters. The van der Waals surface area contributed by atoms with E-state index >= 15 is 0 Å². The van der Waals surface area contributed by atoms with Crippen molar-refractivity contribution >= 4 is 38.4 Å². The van der Waals surface area contributed by atoms with E-state index < -0.39 is 0 Å². The van der Waals surface area contributed by atoms with Crippen molar-refractivity contribution in [1.29, 1.82) is 0 Å². The zero-order chi connectivity index (χ0) is 10.1. The predicted octanol–water partition coefficient (Wildman–Crippen LogP) is 4.20. The number of halogens is 2. The third kappa shape index (κ3) is 1.86. The standard InChI is InChI=1S/C11H9BrClN/c1-8(12)7-14-5-4-9-2-3-10(13)6-11(9)14/h2-6H,1,7H2. The minimum atomic E-state index is 0.762. The SMILES string of the molecule is C=C(Br)Cn1ccc2ccc(Cl)cc21. The largest absolute Gasteiger partial charge is 0.343 e. The Hall–Kier alpha value is -0.730. The maximum absolute atomic E-state index is 5.94. The Bertz CT molecular complexity index is 487. The fourth-order valence-corrected chi connectivity index (χ4v) is 1.92. The van der Waals surface area contributed by atoms with Gasteiger partial charge in [-0.25, -0.2) is 0 Å². The summed E-state index contributed by atoms with van der Waals surface area (Å²) in [4.78, 5) is 0. The second-order valence-corrected chi connectivity index (χ2v) is 4.72. The topological polar surface area (TPSA) is 4.93 Å². The molecule has 0 aliphatic carbocycles. The van der Waals surface area contributed by atoms with Crippen molar-refractivity contribution in [3.63, 3.8) is 0 Å². The average molecular weight is 271 g/mol. The van der Waals surface area contributed by atoms with E-state index in [4.69, 9.17) is 11.6 Å². The van der Waals surface area contributed by atoms with Crippen LogP contribution in [0.1, 0.15) is 0 Å². The smallest absolute Gasteiger partial charge is 0.0535 e. The predicted molar refractivity (Wildman–Crippen MR) is 65.0 cm³/mol. The molecule has 0 aliphatic rings. The molecule has 1 aromatic heterocycles. The molecule has 0 unspecified atom stereocenters. The van der Waals surface area contributed by atoms with Crippen molar-refractivity contribution < 1.29 is 0 Å². The van der Waals surface area contributed by atoms with Gasteiger partial charge in [-0.2, -0.15) is 0 Å². The minimum Gasteiger partial charge on any atom is -0.343 e. The molecule has 2 aromatic rings. The molecule has 0 spiro atoms. The van der Waals surface area contributed by atoms with E-state index in [1.165, 1.54) is 5.39 Å². The molecule has 1 aromatic carbocycles. The van der Waals surface area contributed by atoms with Crippen LogP contribution in [0.3, 0.4) is 0 Å². The molecule has 1 heterocycles. The Balaban J connectivity index is 2.55. The Labute approximate surface area is 96.1 Å². The summed E-state index contributed by atoms with van der Waals surface area (Å²) < 4.78 is 3.06. The van der Waals surface area contributed by atoms with Crippen molar-refractivity contribution in [3.05, 3.63) is 46.5 Å². The van der Waals surface area contributed by atoms with Crippen LogP contribution in [-0.2, 0) is 6.54 Å². The molecule has 0 fully saturated rings. The van der Waals surface area contributed by atoms with Gasteiger partial charge in [0.1, 0.15) is 0 Å². The highest BCUT2D eigenvalue weighted by atomic mass is 79.9. The summed E-state index contributed by atoms with van der Waals surface area (Å²) >= 11 is 9.29. The van der Waals surface area contributed by atoms with Gasteiger partial charge in [-0.15, -0.1) is 0 Å². The van der Waals surface area contributed by atoms with Crippen LogP contribution < -0.4 is 0 Å². The number of aromatic nitrogens is 1. The van der Waals surface area contributed by atoms with E-state index in [2.05, 4.69) is 33.1 Å². The van der Waals surface area contributed by atoms with Gasteiger partial charge in [0.2, 0.25) is 0 Å². The first kappa shape index (κ1) is 9.81. The van der Waals surface area contributed by atoms with E-state index in [0.29, 0.717) is 0 Å². The first-order valence-electron chi connectivity index (χ1n) is 4.24. The van der Waals surface area contributed by atoms with E-state index in [9.17, 15) is 0 Å². The van der Waals surface area contributed by atoms with Crippen LogP contribution in [0.4, 0.5) is 0 Å². The summed E-state index contributed by atoms with van der Waals surface area (Å²) in [6.07, 6.45) is 2.04. The Morgan fingerprint density at radius 1 is 1.43 bits per heavy atom. The normalized spacial score (nSPS) is 10.7. The maximum atomic E-state index is 5.94. The summed E-state index contributed by atoms with van der Waals surface area (Å²) in [5.41, 5.74) is 1.14. The first-order valence-corrected chi connectivity index (χ1v) is 5.41. The Morgan fingerprint density at radius 2 is 2.21 bits per heavy atom.